The molecule has 0 aromatic heterocycles. The number of carbonyl (C=O) groups excluding carboxylic acids is 1. The van der Waals surface area contributed by atoms with Crippen molar-refractivity contribution < 1.29 is 20.1 Å². The smallest absolute Gasteiger partial charge is 0.192 e. The molecule has 3 N–H and O–H groups in total. The number of Topliss-reactive ketones (excluding diaryl/α,β-unsaturated/α-hetero) is 1. The Morgan fingerprint density at radius 2 is 1.29 bits per heavy atom. The van der Waals surface area contributed by atoms with Crippen molar-refractivity contribution in [2.45, 2.75) is 46.0 Å². The second kappa shape index (κ2) is 5.44. The van der Waals surface area contributed by atoms with Gasteiger partial charge in [0, 0.05) is 0 Å². The van der Waals surface area contributed by atoms with Gasteiger partial charge in [-0.3, -0.25) is 4.79 Å². The number of aliphatic hydroxyl groups excluding tert-OH is 3. The first-order chi connectivity index (χ1) is 6.29. The lowest BCUT2D eigenvalue weighted by molar-refractivity contribution is -0.145. The Morgan fingerprint density at radius 3 is 1.57 bits per heavy atom. The van der Waals surface area contributed by atoms with E-state index in [1.165, 1.54) is 0 Å². The van der Waals surface area contributed by atoms with Gasteiger partial charge in [0.05, 0.1) is 6.10 Å². The number of hydrogen-bond donors (Lipinski definition) is 3. The lowest BCUT2D eigenvalue weighted by atomic mass is 9.92. The molecule has 0 fully saturated rings. The monoisotopic (exact) mass is 204 g/mol. The third-order valence-electron chi connectivity index (χ3n) is 2.22. The Kier molecular flexibility index (Phi) is 5.26. The van der Waals surface area contributed by atoms with Gasteiger partial charge in [-0.25, -0.2) is 0 Å². The highest BCUT2D eigenvalue weighted by Crippen LogP contribution is 2.12. The van der Waals surface area contributed by atoms with E-state index in [0.717, 1.165) is 0 Å². The molecule has 0 aromatic rings. The van der Waals surface area contributed by atoms with Crippen LogP contribution in [0.25, 0.3) is 0 Å². The van der Waals surface area contributed by atoms with Crippen LogP contribution in [-0.2, 0) is 4.79 Å². The minimum absolute atomic E-state index is 0.215. The van der Waals surface area contributed by atoms with Crippen LogP contribution in [0.1, 0.15) is 27.7 Å². The summed E-state index contributed by atoms with van der Waals surface area (Å²) in [6.45, 7) is 6.75. The average molecular weight is 204 g/mol. The van der Waals surface area contributed by atoms with E-state index in [2.05, 4.69) is 0 Å². The fourth-order valence-electron chi connectivity index (χ4n) is 1.04. The van der Waals surface area contributed by atoms with E-state index in [-0.39, 0.29) is 11.8 Å². The topological polar surface area (TPSA) is 77.8 Å². The molecule has 4 heteroatoms. The lowest BCUT2D eigenvalue weighted by Gasteiger charge is -2.23. The second-order valence-corrected chi connectivity index (χ2v) is 4.27. The van der Waals surface area contributed by atoms with Gasteiger partial charge >= 0.3 is 0 Å². The maximum absolute atomic E-state index is 11.4. The van der Waals surface area contributed by atoms with Crippen LogP contribution in [0, 0.1) is 11.8 Å². The first-order valence-corrected chi connectivity index (χ1v) is 4.87. The van der Waals surface area contributed by atoms with Gasteiger partial charge in [0.15, 0.2) is 5.78 Å². The molecule has 0 amide bonds. The molecule has 0 rings (SSSR count). The van der Waals surface area contributed by atoms with Crippen LogP contribution >= 0.6 is 0 Å². The summed E-state index contributed by atoms with van der Waals surface area (Å²) in [5, 5.41) is 28.2. The fraction of sp³-hybridized carbons (Fsp3) is 0.900. The molecule has 0 saturated carbocycles. The molecule has 0 spiro atoms. The van der Waals surface area contributed by atoms with Crippen molar-refractivity contribution in [1.29, 1.82) is 0 Å². The molecule has 0 bridgehead atoms. The highest BCUT2D eigenvalue weighted by atomic mass is 16.3. The van der Waals surface area contributed by atoms with Crippen LogP contribution in [0.2, 0.25) is 0 Å². The van der Waals surface area contributed by atoms with Crippen LogP contribution in [0.5, 0.6) is 0 Å². The molecule has 84 valence electrons. The van der Waals surface area contributed by atoms with Crippen LogP contribution in [0.4, 0.5) is 0 Å². The Labute approximate surface area is 84.6 Å². The minimum Gasteiger partial charge on any atom is -0.390 e. The van der Waals surface area contributed by atoms with Crippen LogP contribution in [0.3, 0.4) is 0 Å². The van der Waals surface area contributed by atoms with Gasteiger partial charge in [-0.1, -0.05) is 27.7 Å². The Bertz CT molecular complexity index is 189. The Balaban J connectivity index is 4.39. The predicted molar refractivity (Wildman–Crippen MR) is 52.7 cm³/mol. The fourth-order valence-corrected chi connectivity index (χ4v) is 1.04. The molecule has 0 aromatic carbocycles. The molecule has 4 nitrogen and oxygen atoms in total. The molecule has 0 heterocycles. The molecule has 3 atom stereocenters. The van der Waals surface area contributed by atoms with Crippen molar-refractivity contribution in [3.05, 3.63) is 0 Å². The van der Waals surface area contributed by atoms with Crippen molar-refractivity contribution in [1.82, 2.24) is 0 Å². The van der Waals surface area contributed by atoms with Crippen molar-refractivity contribution >= 4 is 5.78 Å². The zero-order chi connectivity index (χ0) is 11.5. The second-order valence-electron chi connectivity index (χ2n) is 4.27. The van der Waals surface area contributed by atoms with Crippen molar-refractivity contribution in [3.63, 3.8) is 0 Å². The van der Waals surface area contributed by atoms with Gasteiger partial charge < -0.3 is 15.3 Å². The first kappa shape index (κ1) is 13.5. The third-order valence-corrected chi connectivity index (χ3v) is 2.22. The summed E-state index contributed by atoms with van der Waals surface area (Å²) in [6, 6.07) is 0. The van der Waals surface area contributed by atoms with Gasteiger partial charge in [0.1, 0.15) is 12.2 Å². The van der Waals surface area contributed by atoms with E-state index in [0.29, 0.717) is 0 Å². The minimum atomic E-state index is -1.49. The quantitative estimate of drug-likeness (QED) is 0.587. The maximum atomic E-state index is 11.4. The van der Waals surface area contributed by atoms with E-state index < -0.39 is 24.1 Å². The summed E-state index contributed by atoms with van der Waals surface area (Å²) in [7, 11) is 0. The summed E-state index contributed by atoms with van der Waals surface area (Å²) in [5.74, 6) is -1.17. The standard InChI is InChI=1S/C10H20O4/c1-5(2)7(11)9(13)10(14)8(12)6(3)4/h5-9,11-13H,1-4H3. The number of carbonyl (C=O) groups is 1. The van der Waals surface area contributed by atoms with E-state index in [4.69, 9.17) is 0 Å². The van der Waals surface area contributed by atoms with E-state index in [1.807, 2.05) is 0 Å². The Morgan fingerprint density at radius 1 is 0.857 bits per heavy atom. The molecule has 0 saturated heterocycles. The van der Waals surface area contributed by atoms with Gasteiger partial charge in [-0.2, -0.15) is 0 Å². The molecule has 0 aliphatic rings. The molecule has 0 aliphatic heterocycles. The zero-order valence-electron chi connectivity index (χ0n) is 9.14. The number of ketones is 1. The van der Waals surface area contributed by atoms with Crippen molar-refractivity contribution in [2.24, 2.45) is 11.8 Å². The summed E-state index contributed by atoms with van der Waals surface area (Å²) in [4.78, 5) is 11.4. The predicted octanol–water partition coefficient (Wildman–Crippen LogP) is -0.0498. The molecule has 0 aliphatic carbocycles. The van der Waals surface area contributed by atoms with Crippen LogP contribution < -0.4 is 0 Å². The summed E-state index contributed by atoms with van der Waals surface area (Å²) < 4.78 is 0. The summed E-state index contributed by atoms with van der Waals surface area (Å²) in [6.07, 6.45) is -3.82. The van der Waals surface area contributed by atoms with Gasteiger partial charge in [0.25, 0.3) is 0 Å². The molecular weight excluding hydrogens is 184 g/mol. The van der Waals surface area contributed by atoms with Crippen LogP contribution in [-0.4, -0.2) is 39.4 Å². The maximum Gasteiger partial charge on any atom is 0.192 e. The van der Waals surface area contributed by atoms with Gasteiger partial charge in [-0.15, -0.1) is 0 Å². The number of hydrogen-bond acceptors (Lipinski definition) is 4. The van der Waals surface area contributed by atoms with Gasteiger partial charge in [0.2, 0.25) is 0 Å². The van der Waals surface area contributed by atoms with Gasteiger partial charge in [-0.05, 0) is 11.8 Å². The van der Waals surface area contributed by atoms with E-state index >= 15 is 0 Å². The largest absolute Gasteiger partial charge is 0.390 e. The zero-order valence-corrected chi connectivity index (χ0v) is 9.14. The highest BCUT2D eigenvalue weighted by Gasteiger charge is 2.32. The summed E-state index contributed by atoms with van der Waals surface area (Å²) >= 11 is 0. The third kappa shape index (κ3) is 3.36. The lowest BCUT2D eigenvalue weighted by Crippen LogP contribution is -2.44. The normalized spacial score (nSPS) is 18.4. The Hall–Kier alpha value is -0.450. The molecule has 14 heavy (non-hydrogen) atoms. The number of aliphatic hydroxyl groups is 3. The SMILES string of the molecule is CC(C)C(O)C(=O)C(O)C(O)C(C)C. The van der Waals surface area contributed by atoms with Crippen molar-refractivity contribution in [2.75, 3.05) is 0 Å². The van der Waals surface area contributed by atoms with E-state index in [1.54, 1.807) is 27.7 Å². The highest BCUT2D eigenvalue weighted by molar-refractivity contribution is 5.87. The molecule has 0 radical (unpaired) electrons. The number of rotatable bonds is 5. The van der Waals surface area contributed by atoms with E-state index in [9.17, 15) is 20.1 Å². The van der Waals surface area contributed by atoms with Crippen molar-refractivity contribution in [3.8, 4) is 0 Å². The van der Waals surface area contributed by atoms with Crippen LogP contribution in [0.15, 0.2) is 0 Å². The summed E-state index contributed by atoms with van der Waals surface area (Å²) in [5.41, 5.74) is 0. The molecule has 3 unspecified atom stereocenters. The first-order valence-electron chi connectivity index (χ1n) is 4.87. The molecular formula is C10H20O4. The average Bonchev–Trinajstić information content (AvgIpc) is 2.12.